The lowest BCUT2D eigenvalue weighted by Crippen LogP contribution is -2.27. The first kappa shape index (κ1) is 18.7. The molecule has 29 heavy (non-hydrogen) atoms. The van der Waals surface area contributed by atoms with E-state index in [-0.39, 0.29) is 11.6 Å². The highest BCUT2D eigenvalue weighted by Crippen LogP contribution is 2.28. The number of hydrogen-bond donors (Lipinski definition) is 1. The number of anilines is 1. The fraction of sp³-hybridized carbons (Fsp3) is 0.238. The van der Waals surface area contributed by atoms with Crippen LogP contribution < -0.4 is 10.2 Å². The van der Waals surface area contributed by atoms with E-state index in [0.29, 0.717) is 12.1 Å². The third-order valence-electron chi connectivity index (χ3n) is 5.04. The zero-order valence-corrected chi connectivity index (χ0v) is 15.8. The first-order valence-corrected chi connectivity index (χ1v) is 9.52. The molecular weight excluding hydrogens is 370 g/mol. The number of nitro benzene ring substituents is 1. The molecule has 0 atom stereocenters. The Morgan fingerprint density at radius 3 is 2.55 bits per heavy atom. The minimum absolute atomic E-state index is 0.0818. The van der Waals surface area contributed by atoms with Crippen molar-refractivity contribution >= 4 is 17.3 Å². The number of non-ortho nitro benzene ring substituents is 1. The van der Waals surface area contributed by atoms with Gasteiger partial charge in [-0.1, -0.05) is 12.1 Å². The van der Waals surface area contributed by atoms with E-state index in [0.717, 1.165) is 42.9 Å². The van der Waals surface area contributed by atoms with Crippen LogP contribution in [0.15, 0.2) is 60.9 Å². The zero-order chi connectivity index (χ0) is 20.2. The maximum atomic E-state index is 12.8. The monoisotopic (exact) mass is 391 g/mol. The van der Waals surface area contributed by atoms with Crippen LogP contribution in [0, 0.1) is 10.1 Å². The van der Waals surface area contributed by atoms with Gasteiger partial charge in [-0.05, 0) is 42.7 Å². The Kier molecular flexibility index (Phi) is 5.24. The van der Waals surface area contributed by atoms with E-state index in [1.807, 2.05) is 36.5 Å². The summed E-state index contributed by atoms with van der Waals surface area (Å²) in [6.45, 7) is 2.04. The Bertz CT molecular complexity index is 1010. The number of rotatable bonds is 6. The molecular formula is C21H21N5O3. The molecule has 0 spiro atoms. The fourth-order valence-corrected chi connectivity index (χ4v) is 3.52. The number of nitrogens with one attached hydrogen (secondary N) is 1. The summed E-state index contributed by atoms with van der Waals surface area (Å²) in [6, 6.07) is 14.1. The average molecular weight is 391 g/mol. The summed E-state index contributed by atoms with van der Waals surface area (Å²) in [5.41, 5.74) is 2.87. The van der Waals surface area contributed by atoms with Crippen molar-refractivity contribution in [1.82, 2.24) is 15.1 Å². The van der Waals surface area contributed by atoms with Gasteiger partial charge in [-0.2, -0.15) is 5.10 Å². The molecule has 0 bridgehead atoms. The smallest absolute Gasteiger partial charge is 0.270 e. The van der Waals surface area contributed by atoms with E-state index in [1.165, 1.54) is 12.1 Å². The molecule has 1 aliphatic heterocycles. The summed E-state index contributed by atoms with van der Waals surface area (Å²) >= 11 is 0. The van der Waals surface area contributed by atoms with Gasteiger partial charge in [0.1, 0.15) is 0 Å². The molecule has 4 rings (SSSR count). The van der Waals surface area contributed by atoms with Gasteiger partial charge < -0.3 is 10.2 Å². The van der Waals surface area contributed by atoms with Gasteiger partial charge in [0, 0.05) is 44.2 Å². The molecule has 0 aliphatic carbocycles. The van der Waals surface area contributed by atoms with Gasteiger partial charge in [-0.3, -0.25) is 14.9 Å². The minimum atomic E-state index is -0.474. The largest absolute Gasteiger partial charge is 0.371 e. The molecule has 0 radical (unpaired) electrons. The third kappa shape index (κ3) is 4.11. The number of carbonyl (C=O) groups excluding carboxylic acids is 1. The Morgan fingerprint density at radius 1 is 1.14 bits per heavy atom. The zero-order valence-electron chi connectivity index (χ0n) is 15.8. The van der Waals surface area contributed by atoms with Gasteiger partial charge in [0.2, 0.25) is 0 Å². The molecule has 1 aromatic heterocycles. The number of carbonyl (C=O) groups is 1. The molecule has 0 unspecified atom stereocenters. The molecule has 1 aliphatic rings. The van der Waals surface area contributed by atoms with Gasteiger partial charge in [0.15, 0.2) is 0 Å². The van der Waals surface area contributed by atoms with Crippen LogP contribution in [-0.2, 0) is 6.54 Å². The summed E-state index contributed by atoms with van der Waals surface area (Å²) in [5.74, 6) is -0.313. The van der Waals surface area contributed by atoms with E-state index >= 15 is 0 Å². The first-order chi connectivity index (χ1) is 14.1. The highest BCUT2D eigenvalue weighted by atomic mass is 16.6. The van der Waals surface area contributed by atoms with E-state index < -0.39 is 4.92 Å². The van der Waals surface area contributed by atoms with Crippen molar-refractivity contribution in [2.45, 2.75) is 19.4 Å². The van der Waals surface area contributed by atoms with E-state index in [9.17, 15) is 14.9 Å². The van der Waals surface area contributed by atoms with Crippen LogP contribution in [0.2, 0.25) is 0 Å². The van der Waals surface area contributed by atoms with Gasteiger partial charge in [-0.25, -0.2) is 4.68 Å². The van der Waals surface area contributed by atoms with Crippen LogP contribution >= 0.6 is 0 Å². The average Bonchev–Trinajstić information content (AvgIpc) is 3.46. The molecule has 3 aromatic rings. The molecule has 8 nitrogen and oxygen atoms in total. The standard InChI is InChI=1S/C21H21N5O3/c27-21(22-15-16-4-6-17(7-5-16)25-13-3-10-23-25)19-14-18(26(28)29)8-9-20(19)24-11-1-2-12-24/h3-10,13-14H,1-2,11-12,15H2,(H,22,27). The quantitative estimate of drug-likeness (QED) is 0.514. The molecule has 1 N–H and O–H groups in total. The van der Waals surface area contributed by atoms with Crippen LogP contribution in [0.5, 0.6) is 0 Å². The molecule has 2 heterocycles. The SMILES string of the molecule is O=C(NCc1ccc(-n2cccn2)cc1)c1cc([N+](=O)[O-])ccc1N1CCCC1. The summed E-state index contributed by atoms with van der Waals surface area (Å²) in [4.78, 5) is 25.7. The Hall–Kier alpha value is -3.68. The van der Waals surface area contributed by atoms with E-state index in [2.05, 4.69) is 15.3 Å². The summed E-state index contributed by atoms with van der Waals surface area (Å²) < 4.78 is 1.76. The third-order valence-corrected chi connectivity index (χ3v) is 5.04. The Balaban J connectivity index is 1.50. The molecule has 1 saturated heterocycles. The highest BCUT2D eigenvalue weighted by molar-refractivity contribution is 6.00. The van der Waals surface area contributed by atoms with Crippen LogP contribution in [-0.4, -0.2) is 33.7 Å². The van der Waals surface area contributed by atoms with Crippen molar-refractivity contribution in [2.24, 2.45) is 0 Å². The van der Waals surface area contributed by atoms with Crippen molar-refractivity contribution in [2.75, 3.05) is 18.0 Å². The molecule has 2 aromatic carbocycles. The first-order valence-electron chi connectivity index (χ1n) is 9.52. The molecule has 1 amide bonds. The topological polar surface area (TPSA) is 93.3 Å². The molecule has 1 fully saturated rings. The number of nitrogens with zero attached hydrogens (tertiary/aromatic N) is 4. The lowest BCUT2D eigenvalue weighted by Gasteiger charge is -2.21. The van der Waals surface area contributed by atoms with E-state index in [4.69, 9.17) is 0 Å². The Morgan fingerprint density at radius 2 is 1.90 bits per heavy atom. The fourth-order valence-electron chi connectivity index (χ4n) is 3.52. The highest BCUT2D eigenvalue weighted by Gasteiger charge is 2.22. The second-order valence-corrected chi connectivity index (χ2v) is 6.95. The van der Waals surface area contributed by atoms with Crippen LogP contribution in [0.25, 0.3) is 5.69 Å². The predicted molar refractivity (Wildman–Crippen MR) is 109 cm³/mol. The maximum Gasteiger partial charge on any atom is 0.270 e. The summed E-state index contributed by atoms with van der Waals surface area (Å²) in [6.07, 6.45) is 5.69. The van der Waals surface area contributed by atoms with Crippen LogP contribution in [0.1, 0.15) is 28.8 Å². The number of amides is 1. The normalized spacial score (nSPS) is 13.4. The molecule has 0 saturated carbocycles. The van der Waals surface area contributed by atoms with Crippen molar-refractivity contribution < 1.29 is 9.72 Å². The second kappa shape index (κ2) is 8.14. The maximum absolute atomic E-state index is 12.8. The van der Waals surface area contributed by atoms with Crippen molar-refractivity contribution in [3.05, 3.63) is 82.2 Å². The lowest BCUT2D eigenvalue weighted by molar-refractivity contribution is -0.384. The molecule has 8 heteroatoms. The number of aromatic nitrogens is 2. The van der Waals surface area contributed by atoms with E-state index in [1.54, 1.807) is 16.9 Å². The predicted octanol–water partition coefficient (Wildman–Crippen LogP) is 3.31. The second-order valence-electron chi connectivity index (χ2n) is 6.95. The van der Waals surface area contributed by atoms with Crippen LogP contribution in [0.4, 0.5) is 11.4 Å². The van der Waals surface area contributed by atoms with Crippen molar-refractivity contribution in [3.8, 4) is 5.69 Å². The number of hydrogen-bond acceptors (Lipinski definition) is 5. The van der Waals surface area contributed by atoms with Gasteiger partial charge in [0.25, 0.3) is 11.6 Å². The van der Waals surface area contributed by atoms with Crippen LogP contribution in [0.3, 0.4) is 0 Å². The number of benzene rings is 2. The lowest BCUT2D eigenvalue weighted by atomic mass is 10.1. The van der Waals surface area contributed by atoms with Crippen molar-refractivity contribution in [1.29, 1.82) is 0 Å². The van der Waals surface area contributed by atoms with Gasteiger partial charge >= 0.3 is 0 Å². The molecule has 148 valence electrons. The van der Waals surface area contributed by atoms with Gasteiger partial charge in [0.05, 0.1) is 21.9 Å². The van der Waals surface area contributed by atoms with Crippen molar-refractivity contribution in [3.63, 3.8) is 0 Å². The Labute approximate surface area is 167 Å². The van der Waals surface area contributed by atoms with Gasteiger partial charge in [-0.15, -0.1) is 0 Å². The summed E-state index contributed by atoms with van der Waals surface area (Å²) in [7, 11) is 0. The summed E-state index contributed by atoms with van der Waals surface area (Å²) in [5, 5.41) is 18.2. The number of nitro groups is 1. The minimum Gasteiger partial charge on any atom is -0.371 e.